The van der Waals surface area contributed by atoms with Crippen molar-refractivity contribution in [3.05, 3.63) is 51.1 Å². The number of imidazole rings is 1. The van der Waals surface area contributed by atoms with Gasteiger partial charge in [0.15, 0.2) is 5.15 Å². The number of nitro groups is 1. The van der Waals surface area contributed by atoms with Crippen molar-refractivity contribution < 1.29 is 4.92 Å². The molecule has 0 saturated heterocycles. The summed E-state index contributed by atoms with van der Waals surface area (Å²) < 4.78 is 1.72. The van der Waals surface area contributed by atoms with E-state index in [-0.39, 0.29) is 10.9 Å². The van der Waals surface area contributed by atoms with Crippen LogP contribution in [0.3, 0.4) is 0 Å². The van der Waals surface area contributed by atoms with E-state index in [9.17, 15) is 10.1 Å². The summed E-state index contributed by atoms with van der Waals surface area (Å²) in [5.41, 5.74) is 1.32. The largest absolute Gasteiger partial charge is 0.298 e. The van der Waals surface area contributed by atoms with Gasteiger partial charge in [-0.1, -0.05) is 24.6 Å². The number of hydrogen-bond acceptors (Lipinski definition) is 3. The van der Waals surface area contributed by atoms with Gasteiger partial charge in [-0.15, -0.1) is 0 Å². The van der Waals surface area contributed by atoms with Crippen LogP contribution >= 0.6 is 11.6 Å². The molecule has 0 aromatic carbocycles. The van der Waals surface area contributed by atoms with Crippen LogP contribution in [0.25, 0.3) is 11.7 Å². The van der Waals surface area contributed by atoms with Gasteiger partial charge in [0.2, 0.25) is 5.70 Å². The maximum atomic E-state index is 10.8. The maximum absolute atomic E-state index is 10.8. The van der Waals surface area contributed by atoms with Crippen molar-refractivity contribution in [1.82, 2.24) is 9.38 Å². The summed E-state index contributed by atoms with van der Waals surface area (Å²) in [6, 6.07) is 5.45. The SMILES string of the molecule is CCC(=Cc1c(Cl)nc2ccccn12)[N+](=O)[O-]. The summed E-state index contributed by atoms with van der Waals surface area (Å²) >= 11 is 5.97. The lowest BCUT2D eigenvalue weighted by Gasteiger charge is -1.97. The molecule has 2 heterocycles. The van der Waals surface area contributed by atoms with Crippen molar-refractivity contribution in [3.63, 3.8) is 0 Å². The van der Waals surface area contributed by atoms with Gasteiger partial charge in [-0.05, 0) is 12.1 Å². The lowest BCUT2D eigenvalue weighted by Crippen LogP contribution is -1.98. The third kappa shape index (κ3) is 2.14. The van der Waals surface area contributed by atoms with Crippen LogP contribution in [0.1, 0.15) is 19.0 Å². The second-order valence-electron chi connectivity index (χ2n) is 3.46. The van der Waals surface area contributed by atoms with E-state index in [0.717, 1.165) is 0 Å². The van der Waals surface area contributed by atoms with Crippen LogP contribution in [0.5, 0.6) is 0 Å². The molecule has 0 aliphatic carbocycles. The molecule has 0 radical (unpaired) electrons. The van der Waals surface area contributed by atoms with Gasteiger partial charge >= 0.3 is 0 Å². The van der Waals surface area contributed by atoms with Gasteiger partial charge in [-0.25, -0.2) is 4.98 Å². The number of halogens is 1. The van der Waals surface area contributed by atoms with Gasteiger partial charge in [0.05, 0.1) is 10.6 Å². The van der Waals surface area contributed by atoms with Crippen LogP contribution < -0.4 is 0 Å². The topological polar surface area (TPSA) is 60.4 Å². The van der Waals surface area contributed by atoms with Crippen molar-refractivity contribution >= 4 is 23.3 Å². The van der Waals surface area contributed by atoms with Gasteiger partial charge in [-0.2, -0.15) is 0 Å². The highest BCUT2D eigenvalue weighted by molar-refractivity contribution is 6.31. The predicted octanol–water partition coefficient (Wildman–Crippen LogP) is 3.02. The Morgan fingerprint density at radius 3 is 3.06 bits per heavy atom. The molecule has 0 aliphatic rings. The molecule has 88 valence electrons. The van der Waals surface area contributed by atoms with Crippen LogP contribution in [0.4, 0.5) is 0 Å². The molecule has 0 spiro atoms. The van der Waals surface area contributed by atoms with E-state index in [1.807, 2.05) is 12.1 Å². The average molecular weight is 252 g/mol. The molecule has 0 aliphatic heterocycles. The van der Waals surface area contributed by atoms with E-state index in [1.54, 1.807) is 23.6 Å². The van der Waals surface area contributed by atoms with E-state index in [0.29, 0.717) is 17.8 Å². The monoisotopic (exact) mass is 251 g/mol. The molecule has 0 unspecified atom stereocenters. The molecule has 6 heteroatoms. The first-order valence-electron chi connectivity index (χ1n) is 5.11. The van der Waals surface area contributed by atoms with Crippen LogP contribution in [0, 0.1) is 10.1 Å². The summed E-state index contributed by atoms with van der Waals surface area (Å²) in [6.07, 6.45) is 3.57. The fourth-order valence-corrected chi connectivity index (χ4v) is 1.79. The Morgan fingerprint density at radius 1 is 1.65 bits per heavy atom. The molecule has 17 heavy (non-hydrogen) atoms. The Hall–Kier alpha value is -1.88. The standard InChI is InChI=1S/C11H10ClN3O2/c1-2-8(15(16)17)7-9-11(12)13-10-5-3-4-6-14(9)10/h3-7H,2H2,1H3. The Balaban J connectivity index is 2.62. The molecule has 0 N–H and O–H groups in total. The molecule has 0 fully saturated rings. The maximum Gasteiger partial charge on any atom is 0.248 e. The zero-order chi connectivity index (χ0) is 12.4. The van der Waals surface area contributed by atoms with E-state index in [4.69, 9.17) is 11.6 Å². The van der Waals surface area contributed by atoms with E-state index in [1.165, 1.54) is 6.08 Å². The third-order valence-electron chi connectivity index (χ3n) is 2.42. The fourth-order valence-electron chi connectivity index (χ4n) is 1.56. The number of rotatable bonds is 3. The number of pyridine rings is 1. The van der Waals surface area contributed by atoms with Crippen LogP contribution in [-0.2, 0) is 0 Å². The van der Waals surface area contributed by atoms with Crippen LogP contribution in [0.2, 0.25) is 5.15 Å². The highest BCUT2D eigenvalue weighted by Gasteiger charge is 2.13. The zero-order valence-electron chi connectivity index (χ0n) is 9.13. The molecular weight excluding hydrogens is 242 g/mol. The van der Waals surface area contributed by atoms with Crippen molar-refractivity contribution in [1.29, 1.82) is 0 Å². The zero-order valence-corrected chi connectivity index (χ0v) is 9.89. The second-order valence-corrected chi connectivity index (χ2v) is 3.82. The third-order valence-corrected chi connectivity index (χ3v) is 2.70. The molecular formula is C11H10ClN3O2. The fraction of sp³-hybridized carbons (Fsp3) is 0.182. The summed E-state index contributed by atoms with van der Waals surface area (Å²) in [6.45, 7) is 1.73. The van der Waals surface area contributed by atoms with Gasteiger partial charge in [0.25, 0.3) is 0 Å². The number of allylic oxidation sites excluding steroid dienone is 1. The van der Waals surface area contributed by atoms with Crippen molar-refractivity contribution in [2.45, 2.75) is 13.3 Å². The molecule has 2 aromatic rings. The van der Waals surface area contributed by atoms with Gasteiger partial charge in [0, 0.05) is 18.7 Å². The molecule has 2 aromatic heterocycles. The highest BCUT2D eigenvalue weighted by Crippen LogP contribution is 2.21. The van der Waals surface area contributed by atoms with E-state index in [2.05, 4.69) is 4.98 Å². The number of fused-ring (bicyclic) bond motifs is 1. The Labute approximate surface area is 102 Å². The van der Waals surface area contributed by atoms with Crippen molar-refractivity contribution in [2.75, 3.05) is 0 Å². The number of aromatic nitrogens is 2. The minimum Gasteiger partial charge on any atom is -0.298 e. The molecule has 2 rings (SSSR count). The van der Waals surface area contributed by atoms with E-state index < -0.39 is 4.92 Å². The first kappa shape index (κ1) is 11.6. The smallest absolute Gasteiger partial charge is 0.248 e. The predicted molar refractivity (Wildman–Crippen MR) is 65.5 cm³/mol. The highest BCUT2D eigenvalue weighted by atomic mass is 35.5. The van der Waals surface area contributed by atoms with Crippen LogP contribution in [-0.4, -0.2) is 14.3 Å². The molecule has 0 saturated carbocycles. The minimum atomic E-state index is -0.404. The quantitative estimate of drug-likeness (QED) is 0.622. The van der Waals surface area contributed by atoms with Gasteiger partial charge in [-0.3, -0.25) is 14.5 Å². The summed E-state index contributed by atoms with van der Waals surface area (Å²) in [4.78, 5) is 14.5. The number of nitrogens with zero attached hydrogens (tertiary/aromatic N) is 3. The number of hydrogen-bond donors (Lipinski definition) is 0. The normalized spacial score (nSPS) is 12.0. The molecule has 0 atom stereocenters. The molecule has 5 nitrogen and oxygen atoms in total. The van der Waals surface area contributed by atoms with Crippen molar-refractivity contribution in [3.8, 4) is 0 Å². The summed E-state index contributed by atoms with van der Waals surface area (Å²) in [5, 5.41) is 11.0. The lowest BCUT2D eigenvalue weighted by molar-refractivity contribution is -0.425. The van der Waals surface area contributed by atoms with Crippen molar-refractivity contribution in [2.24, 2.45) is 0 Å². The Morgan fingerprint density at radius 2 is 2.41 bits per heavy atom. The van der Waals surface area contributed by atoms with Gasteiger partial charge < -0.3 is 0 Å². The second kappa shape index (κ2) is 4.55. The molecule has 0 bridgehead atoms. The van der Waals surface area contributed by atoms with E-state index >= 15 is 0 Å². The Kier molecular flexibility index (Phi) is 3.10. The van der Waals surface area contributed by atoms with Gasteiger partial charge in [0.1, 0.15) is 5.65 Å². The first-order chi connectivity index (χ1) is 8.13. The lowest BCUT2D eigenvalue weighted by atomic mass is 10.3. The minimum absolute atomic E-state index is 0.109. The Bertz CT molecular complexity index is 604. The average Bonchev–Trinajstić information content (AvgIpc) is 2.61. The van der Waals surface area contributed by atoms with Crippen LogP contribution in [0.15, 0.2) is 30.1 Å². The summed E-state index contributed by atoms with van der Waals surface area (Å²) in [5.74, 6) is 0. The first-order valence-corrected chi connectivity index (χ1v) is 5.49. The molecule has 0 amide bonds. The summed E-state index contributed by atoms with van der Waals surface area (Å²) in [7, 11) is 0.